The number of aliphatic hydroxyl groups is 1. The maximum atomic E-state index is 11.9. The fourth-order valence-corrected chi connectivity index (χ4v) is 4.50. The molecule has 2 aliphatic heterocycles. The zero-order valence-electron chi connectivity index (χ0n) is 10.9. The van der Waals surface area contributed by atoms with Gasteiger partial charge in [0.25, 0.3) is 0 Å². The Balaban J connectivity index is 1.87. The average Bonchev–Trinajstić information content (AvgIpc) is 2.89. The van der Waals surface area contributed by atoms with Gasteiger partial charge in [0.1, 0.15) is 6.04 Å². The number of nitrogens with one attached hydrogen (secondary N) is 1. The van der Waals surface area contributed by atoms with Crippen LogP contribution < -0.4 is 5.32 Å². The molecular weight excluding hydrogens is 288 g/mol. The van der Waals surface area contributed by atoms with Crippen LogP contribution in [0.2, 0.25) is 0 Å². The smallest absolute Gasteiger partial charge is 0.326 e. The second-order valence-electron chi connectivity index (χ2n) is 5.35. The van der Waals surface area contributed by atoms with Crippen LogP contribution in [0, 0.1) is 5.92 Å². The summed E-state index contributed by atoms with van der Waals surface area (Å²) in [6, 6.07) is -1.60. The molecule has 2 fully saturated rings. The molecule has 0 aromatic heterocycles. The first-order valence-electron chi connectivity index (χ1n) is 6.44. The van der Waals surface area contributed by atoms with Crippen LogP contribution in [0.5, 0.6) is 0 Å². The number of carboxylic acid groups (broad SMARTS) is 1. The van der Waals surface area contributed by atoms with E-state index in [4.69, 9.17) is 5.11 Å². The monoisotopic (exact) mass is 306 g/mol. The molecular formula is C11H18N2O6S. The van der Waals surface area contributed by atoms with E-state index in [2.05, 4.69) is 5.32 Å². The van der Waals surface area contributed by atoms with Gasteiger partial charge in [-0.25, -0.2) is 18.0 Å². The summed E-state index contributed by atoms with van der Waals surface area (Å²) < 4.78 is 22.6. The molecule has 2 saturated heterocycles. The van der Waals surface area contributed by atoms with Crippen LogP contribution >= 0.6 is 0 Å². The lowest BCUT2D eigenvalue weighted by Gasteiger charge is -2.22. The second kappa shape index (κ2) is 5.57. The third-order valence-corrected chi connectivity index (χ3v) is 5.53. The molecule has 0 spiro atoms. The first kappa shape index (κ1) is 15.0. The maximum absolute atomic E-state index is 11.9. The van der Waals surface area contributed by atoms with Crippen molar-refractivity contribution in [3.8, 4) is 0 Å². The Morgan fingerprint density at radius 2 is 2.05 bits per heavy atom. The van der Waals surface area contributed by atoms with Gasteiger partial charge in [-0.3, -0.25) is 0 Å². The minimum absolute atomic E-state index is 0.0144. The van der Waals surface area contributed by atoms with Gasteiger partial charge in [0.15, 0.2) is 9.84 Å². The lowest BCUT2D eigenvalue weighted by atomic mass is 10.1. The standard InChI is InChI=1S/C11H18N2O6S/c14-8-3-9(10(15)16)13(5-8)11(17)12-4-7-1-2-20(18,19)6-7/h7-9,14H,1-6H2,(H,12,17)(H,15,16). The molecule has 2 aliphatic rings. The largest absolute Gasteiger partial charge is 0.480 e. The number of hydrogen-bond donors (Lipinski definition) is 3. The molecule has 2 amide bonds. The Morgan fingerprint density at radius 3 is 2.60 bits per heavy atom. The number of carboxylic acids is 1. The molecule has 0 aromatic carbocycles. The summed E-state index contributed by atoms with van der Waals surface area (Å²) in [4.78, 5) is 24.0. The number of β-amino-alcohol motifs (C(OH)–C–C–N with tert-alkyl or cyclic N) is 1. The van der Waals surface area contributed by atoms with Gasteiger partial charge < -0.3 is 20.4 Å². The van der Waals surface area contributed by atoms with Crippen LogP contribution in [0.15, 0.2) is 0 Å². The fourth-order valence-electron chi connectivity index (χ4n) is 2.64. The molecule has 20 heavy (non-hydrogen) atoms. The van der Waals surface area contributed by atoms with E-state index in [0.717, 1.165) is 4.90 Å². The number of carbonyl (C=O) groups is 2. The van der Waals surface area contributed by atoms with Crippen molar-refractivity contribution < 1.29 is 28.2 Å². The Morgan fingerprint density at radius 1 is 1.35 bits per heavy atom. The topological polar surface area (TPSA) is 124 Å². The number of urea groups is 1. The summed E-state index contributed by atoms with van der Waals surface area (Å²) in [7, 11) is -2.99. The van der Waals surface area contributed by atoms with E-state index in [0.29, 0.717) is 6.42 Å². The fraction of sp³-hybridized carbons (Fsp3) is 0.818. The van der Waals surface area contributed by atoms with Crippen molar-refractivity contribution in [2.45, 2.75) is 25.0 Å². The van der Waals surface area contributed by atoms with Crippen LogP contribution in [0.1, 0.15) is 12.8 Å². The van der Waals surface area contributed by atoms with Gasteiger partial charge in [0.05, 0.1) is 17.6 Å². The van der Waals surface area contributed by atoms with E-state index in [9.17, 15) is 23.1 Å². The summed E-state index contributed by atoms with van der Waals surface area (Å²) in [6.07, 6.45) is -0.317. The Hall–Kier alpha value is -1.35. The highest BCUT2D eigenvalue weighted by Gasteiger charge is 2.39. The second-order valence-corrected chi connectivity index (χ2v) is 7.58. The Bertz CT molecular complexity index is 505. The molecule has 8 nitrogen and oxygen atoms in total. The molecule has 2 heterocycles. The van der Waals surface area contributed by atoms with Crippen LogP contribution in [0.3, 0.4) is 0 Å². The lowest BCUT2D eigenvalue weighted by molar-refractivity contribution is -0.141. The van der Waals surface area contributed by atoms with E-state index in [1.807, 2.05) is 0 Å². The summed E-state index contributed by atoms with van der Waals surface area (Å²) >= 11 is 0. The van der Waals surface area contributed by atoms with E-state index >= 15 is 0 Å². The summed E-state index contributed by atoms with van der Waals surface area (Å²) in [6.45, 7) is 0.183. The SMILES string of the molecule is O=C(O)C1CC(O)CN1C(=O)NCC1CCS(=O)(=O)C1. The Labute approximate surface area is 116 Å². The molecule has 114 valence electrons. The van der Waals surface area contributed by atoms with Crippen molar-refractivity contribution in [2.24, 2.45) is 5.92 Å². The van der Waals surface area contributed by atoms with E-state index in [1.54, 1.807) is 0 Å². The van der Waals surface area contributed by atoms with Crippen LogP contribution in [0.4, 0.5) is 4.79 Å². The molecule has 3 atom stereocenters. The van der Waals surface area contributed by atoms with E-state index < -0.39 is 34.0 Å². The van der Waals surface area contributed by atoms with Gasteiger partial charge in [0, 0.05) is 19.5 Å². The Kier molecular flexibility index (Phi) is 4.19. The van der Waals surface area contributed by atoms with Crippen molar-refractivity contribution in [1.82, 2.24) is 10.2 Å². The van der Waals surface area contributed by atoms with Gasteiger partial charge in [0.2, 0.25) is 0 Å². The van der Waals surface area contributed by atoms with E-state index in [1.165, 1.54) is 0 Å². The van der Waals surface area contributed by atoms with Crippen molar-refractivity contribution in [3.05, 3.63) is 0 Å². The number of nitrogens with zero attached hydrogens (tertiary/aromatic N) is 1. The molecule has 3 N–H and O–H groups in total. The van der Waals surface area contributed by atoms with Crippen molar-refractivity contribution >= 4 is 21.8 Å². The van der Waals surface area contributed by atoms with Crippen LogP contribution in [-0.2, 0) is 14.6 Å². The van der Waals surface area contributed by atoms with Gasteiger partial charge >= 0.3 is 12.0 Å². The van der Waals surface area contributed by atoms with Crippen LogP contribution in [0.25, 0.3) is 0 Å². The zero-order chi connectivity index (χ0) is 14.9. The number of likely N-dealkylation sites (tertiary alicyclic amines) is 1. The number of aliphatic carboxylic acids is 1. The highest BCUT2D eigenvalue weighted by molar-refractivity contribution is 7.91. The van der Waals surface area contributed by atoms with Gasteiger partial charge in [-0.05, 0) is 12.3 Å². The highest BCUT2D eigenvalue weighted by atomic mass is 32.2. The maximum Gasteiger partial charge on any atom is 0.326 e. The third-order valence-electron chi connectivity index (χ3n) is 3.69. The molecule has 0 saturated carbocycles. The minimum atomic E-state index is -2.99. The molecule has 9 heteroatoms. The molecule has 0 aliphatic carbocycles. The van der Waals surface area contributed by atoms with Crippen molar-refractivity contribution in [2.75, 3.05) is 24.6 Å². The molecule has 0 radical (unpaired) electrons. The highest BCUT2D eigenvalue weighted by Crippen LogP contribution is 2.20. The van der Waals surface area contributed by atoms with Crippen molar-refractivity contribution in [1.29, 1.82) is 0 Å². The first-order chi connectivity index (χ1) is 9.28. The van der Waals surface area contributed by atoms with Crippen molar-refractivity contribution in [3.63, 3.8) is 0 Å². The minimum Gasteiger partial charge on any atom is -0.480 e. The predicted octanol–water partition coefficient (Wildman–Crippen LogP) is -1.35. The lowest BCUT2D eigenvalue weighted by Crippen LogP contribution is -2.47. The molecule has 3 unspecified atom stereocenters. The number of aliphatic hydroxyl groups excluding tert-OH is 1. The predicted molar refractivity (Wildman–Crippen MR) is 68.9 cm³/mol. The average molecular weight is 306 g/mol. The number of hydrogen-bond acceptors (Lipinski definition) is 5. The summed E-state index contributed by atoms with van der Waals surface area (Å²) in [5, 5.41) is 21.0. The van der Waals surface area contributed by atoms with Gasteiger partial charge in [-0.1, -0.05) is 0 Å². The molecule has 2 rings (SSSR count). The number of sulfone groups is 1. The normalized spacial score (nSPS) is 32.2. The van der Waals surface area contributed by atoms with Gasteiger partial charge in [-0.2, -0.15) is 0 Å². The number of amides is 2. The van der Waals surface area contributed by atoms with Gasteiger partial charge in [-0.15, -0.1) is 0 Å². The first-order valence-corrected chi connectivity index (χ1v) is 8.26. The van der Waals surface area contributed by atoms with Crippen LogP contribution in [-0.4, -0.2) is 72.3 Å². The number of carbonyl (C=O) groups excluding carboxylic acids is 1. The summed E-state index contributed by atoms with van der Waals surface area (Å²) in [5.74, 6) is -1.09. The van der Waals surface area contributed by atoms with E-state index in [-0.39, 0.29) is 36.9 Å². The zero-order valence-corrected chi connectivity index (χ0v) is 11.7. The summed E-state index contributed by atoms with van der Waals surface area (Å²) in [5.41, 5.74) is 0. The molecule has 0 bridgehead atoms. The number of rotatable bonds is 3. The molecule has 0 aromatic rings. The third kappa shape index (κ3) is 3.40. The quantitative estimate of drug-likeness (QED) is 0.592.